The first-order valence-electron chi connectivity index (χ1n) is 9.44. The molecule has 1 rings (SSSR count). The molecule has 2 N–H and O–H groups in total. The number of benzene rings is 1. The zero-order valence-corrected chi connectivity index (χ0v) is 19.5. The summed E-state index contributed by atoms with van der Waals surface area (Å²) in [5, 5.41) is 6.60. The van der Waals surface area contributed by atoms with Gasteiger partial charge in [-0.1, -0.05) is 24.3 Å². The van der Waals surface area contributed by atoms with Gasteiger partial charge in [-0.2, -0.15) is 0 Å². The molecule has 0 atom stereocenters. The molecule has 0 aromatic heterocycles. The van der Waals surface area contributed by atoms with Gasteiger partial charge in [0.25, 0.3) is 0 Å². The van der Waals surface area contributed by atoms with Crippen molar-refractivity contribution in [3.8, 4) is 0 Å². The largest absolute Gasteiger partial charge is 0.382 e. The van der Waals surface area contributed by atoms with Gasteiger partial charge in [0.1, 0.15) is 0 Å². The third-order valence-corrected chi connectivity index (χ3v) is 3.56. The SMILES string of the molecule is CCNC(=NCc1ccc(COC(C)C)cc1)NCCCOCCOC.I. The van der Waals surface area contributed by atoms with Crippen LogP contribution in [0.15, 0.2) is 29.3 Å². The number of rotatable bonds is 13. The number of aliphatic imine (C=N–C) groups is 1. The first-order valence-corrected chi connectivity index (χ1v) is 9.44. The van der Waals surface area contributed by atoms with Crippen molar-refractivity contribution in [3.63, 3.8) is 0 Å². The topological polar surface area (TPSA) is 64.1 Å². The summed E-state index contributed by atoms with van der Waals surface area (Å²) in [5.41, 5.74) is 2.36. The highest BCUT2D eigenvalue weighted by molar-refractivity contribution is 14.0. The number of guanidine groups is 1. The number of ether oxygens (including phenoxy) is 3. The Labute approximate surface area is 181 Å². The first kappa shape index (κ1) is 26.1. The summed E-state index contributed by atoms with van der Waals surface area (Å²) in [6, 6.07) is 8.42. The van der Waals surface area contributed by atoms with Gasteiger partial charge in [0.15, 0.2) is 5.96 Å². The summed E-state index contributed by atoms with van der Waals surface area (Å²) in [7, 11) is 1.68. The van der Waals surface area contributed by atoms with Gasteiger partial charge in [-0.25, -0.2) is 4.99 Å². The molecule has 6 nitrogen and oxygen atoms in total. The molecule has 1 aromatic carbocycles. The lowest BCUT2D eigenvalue weighted by Gasteiger charge is -2.12. The fourth-order valence-electron chi connectivity index (χ4n) is 2.14. The average molecular weight is 493 g/mol. The second kappa shape index (κ2) is 17.2. The van der Waals surface area contributed by atoms with E-state index in [-0.39, 0.29) is 30.1 Å². The number of halogens is 1. The molecule has 1 aromatic rings. The van der Waals surface area contributed by atoms with Crippen LogP contribution >= 0.6 is 24.0 Å². The van der Waals surface area contributed by atoms with Crippen molar-refractivity contribution in [1.29, 1.82) is 0 Å². The van der Waals surface area contributed by atoms with Crippen molar-refractivity contribution in [2.24, 2.45) is 4.99 Å². The molecular formula is C20H36IN3O3. The average Bonchev–Trinajstić information content (AvgIpc) is 2.64. The van der Waals surface area contributed by atoms with E-state index in [2.05, 4.69) is 46.8 Å². The molecule has 0 radical (unpaired) electrons. The second-order valence-electron chi connectivity index (χ2n) is 6.26. The first-order chi connectivity index (χ1) is 12.7. The Morgan fingerprint density at radius 2 is 1.74 bits per heavy atom. The molecule has 27 heavy (non-hydrogen) atoms. The molecule has 0 aliphatic heterocycles. The van der Waals surface area contributed by atoms with Crippen LogP contribution in [0.2, 0.25) is 0 Å². The molecule has 7 heteroatoms. The molecule has 0 aliphatic carbocycles. The van der Waals surface area contributed by atoms with E-state index >= 15 is 0 Å². The number of methoxy groups -OCH3 is 1. The zero-order valence-electron chi connectivity index (χ0n) is 17.1. The molecule has 0 saturated carbocycles. The monoisotopic (exact) mass is 493 g/mol. The summed E-state index contributed by atoms with van der Waals surface area (Å²) in [4.78, 5) is 4.64. The lowest BCUT2D eigenvalue weighted by molar-refractivity contribution is 0.0657. The maximum Gasteiger partial charge on any atom is 0.191 e. The summed E-state index contributed by atoms with van der Waals surface area (Å²) in [6.45, 7) is 11.1. The fraction of sp³-hybridized carbons (Fsp3) is 0.650. The Balaban J connectivity index is 0.00000676. The minimum atomic E-state index is 0. The van der Waals surface area contributed by atoms with Gasteiger partial charge >= 0.3 is 0 Å². The highest BCUT2D eigenvalue weighted by Gasteiger charge is 2.00. The van der Waals surface area contributed by atoms with Crippen LogP contribution in [0.3, 0.4) is 0 Å². The predicted molar refractivity (Wildman–Crippen MR) is 122 cm³/mol. The Morgan fingerprint density at radius 3 is 2.37 bits per heavy atom. The molecule has 0 fully saturated rings. The van der Waals surface area contributed by atoms with Crippen molar-refractivity contribution in [1.82, 2.24) is 10.6 Å². The van der Waals surface area contributed by atoms with Crippen molar-refractivity contribution in [2.45, 2.75) is 46.4 Å². The van der Waals surface area contributed by atoms with Gasteiger partial charge in [0.2, 0.25) is 0 Å². The lowest BCUT2D eigenvalue weighted by Crippen LogP contribution is -2.38. The van der Waals surface area contributed by atoms with E-state index in [4.69, 9.17) is 14.2 Å². The Morgan fingerprint density at radius 1 is 1.04 bits per heavy atom. The van der Waals surface area contributed by atoms with Crippen LogP contribution in [0.5, 0.6) is 0 Å². The predicted octanol–water partition coefficient (Wildman–Crippen LogP) is 3.34. The van der Waals surface area contributed by atoms with Crippen LogP contribution in [0, 0.1) is 0 Å². The van der Waals surface area contributed by atoms with Crippen LogP contribution in [-0.4, -0.2) is 52.1 Å². The van der Waals surface area contributed by atoms with Gasteiger partial charge in [-0.3, -0.25) is 0 Å². The second-order valence-corrected chi connectivity index (χ2v) is 6.26. The van der Waals surface area contributed by atoms with E-state index in [1.807, 2.05) is 13.8 Å². The molecule has 0 heterocycles. The van der Waals surface area contributed by atoms with Crippen molar-refractivity contribution >= 4 is 29.9 Å². The molecule has 0 amide bonds. The van der Waals surface area contributed by atoms with E-state index < -0.39 is 0 Å². The maximum atomic E-state index is 5.62. The smallest absolute Gasteiger partial charge is 0.191 e. The summed E-state index contributed by atoms with van der Waals surface area (Å²) < 4.78 is 16.0. The van der Waals surface area contributed by atoms with Crippen LogP contribution in [0.4, 0.5) is 0 Å². The minimum absolute atomic E-state index is 0. The van der Waals surface area contributed by atoms with Gasteiger partial charge in [0.05, 0.1) is 32.5 Å². The molecule has 0 unspecified atom stereocenters. The lowest BCUT2D eigenvalue weighted by atomic mass is 10.1. The number of nitrogens with zero attached hydrogens (tertiary/aromatic N) is 1. The van der Waals surface area contributed by atoms with Crippen molar-refractivity contribution < 1.29 is 14.2 Å². The standard InChI is InChI=1S/C20H35N3O3.HI/c1-5-21-20(22-11-6-12-25-14-13-24-4)23-15-18-7-9-19(10-8-18)16-26-17(2)3;/h7-10,17H,5-6,11-16H2,1-4H3,(H2,21,22,23);1H. The number of hydrogen-bond acceptors (Lipinski definition) is 4. The Hall–Kier alpha value is -0.900. The van der Waals surface area contributed by atoms with Gasteiger partial charge in [0, 0.05) is 26.8 Å². The molecule has 0 spiro atoms. The van der Waals surface area contributed by atoms with Crippen LogP contribution < -0.4 is 10.6 Å². The van der Waals surface area contributed by atoms with Crippen molar-refractivity contribution in [2.75, 3.05) is 40.0 Å². The van der Waals surface area contributed by atoms with Gasteiger partial charge < -0.3 is 24.8 Å². The highest BCUT2D eigenvalue weighted by Crippen LogP contribution is 2.08. The summed E-state index contributed by atoms with van der Waals surface area (Å²) in [5.74, 6) is 0.830. The molecule has 156 valence electrons. The number of nitrogens with one attached hydrogen (secondary N) is 2. The molecule has 0 aliphatic rings. The summed E-state index contributed by atoms with van der Waals surface area (Å²) in [6.07, 6.45) is 1.18. The van der Waals surface area contributed by atoms with E-state index in [0.717, 1.165) is 32.1 Å². The summed E-state index contributed by atoms with van der Waals surface area (Å²) >= 11 is 0. The Kier molecular flexibility index (Phi) is 16.6. The molecular weight excluding hydrogens is 457 g/mol. The third kappa shape index (κ3) is 13.8. The quantitative estimate of drug-likeness (QED) is 0.191. The molecule has 0 saturated heterocycles. The third-order valence-electron chi connectivity index (χ3n) is 3.56. The van der Waals surface area contributed by atoms with Gasteiger partial charge in [-0.15, -0.1) is 24.0 Å². The van der Waals surface area contributed by atoms with E-state index in [9.17, 15) is 0 Å². The number of hydrogen-bond donors (Lipinski definition) is 2. The Bertz CT molecular complexity index is 496. The van der Waals surface area contributed by atoms with Crippen LogP contribution in [-0.2, 0) is 27.4 Å². The van der Waals surface area contributed by atoms with Crippen LogP contribution in [0.1, 0.15) is 38.3 Å². The normalized spacial score (nSPS) is 11.4. The zero-order chi connectivity index (χ0) is 19.0. The van der Waals surface area contributed by atoms with Crippen molar-refractivity contribution in [3.05, 3.63) is 35.4 Å². The maximum absolute atomic E-state index is 5.62. The van der Waals surface area contributed by atoms with E-state index in [1.54, 1.807) is 7.11 Å². The fourth-order valence-corrected chi connectivity index (χ4v) is 2.14. The highest BCUT2D eigenvalue weighted by atomic mass is 127. The van der Waals surface area contributed by atoms with E-state index in [0.29, 0.717) is 26.4 Å². The van der Waals surface area contributed by atoms with Crippen LogP contribution in [0.25, 0.3) is 0 Å². The van der Waals surface area contributed by atoms with E-state index in [1.165, 1.54) is 11.1 Å². The van der Waals surface area contributed by atoms with Gasteiger partial charge in [-0.05, 0) is 38.3 Å². The minimum Gasteiger partial charge on any atom is -0.382 e. The molecule has 0 bridgehead atoms.